The largest absolute Gasteiger partial charge is 0.453 e. The molecule has 4 heteroatoms. The number of ether oxygens (including phenoxy) is 1. The minimum absolute atomic E-state index is 0.217. The van der Waals surface area contributed by atoms with Gasteiger partial charge >= 0.3 is 5.97 Å². The molecule has 0 aliphatic heterocycles. The Kier molecular flexibility index (Phi) is 3.35. The van der Waals surface area contributed by atoms with Crippen LogP contribution >= 0.6 is 0 Å². The molecule has 0 aliphatic carbocycles. The summed E-state index contributed by atoms with van der Waals surface area (Å²) in [6.45, 7) is -0.248. The number of esters is 1. The van der Waals surface area contributed by atoms with Crippen molar-refractivity contribution in [3.8, 4) is 0 Å². The van der Waals surface area contributed by atoms with E-state index in [0.717, 1.165) is 0 Å². The number of H-pyrrole nitrogens is 1. The lowest BCUT2D eigenvalue weighted by atomic mass is 10.1. The monoisotopic (exact) mass is 229 g/mol. The van der Waals surface area contributed by atoms with Gasteiger partial charge in [0.2, 0.25) is 0 Å². The number of hydrogen-bond acceptors (Lipinski definition) is 3. The number of nitrogens with one attached hydrogen (secondary N) is 1. The Morgan fingerprint density at radius 2 is 1.82 bits per heavy atom. The highest BCUT2D eigenvalue weighted by molar-refractivity contribution is 5.98. The van der Waals surface area contributed by atoms with Crippen LogP contribution in [0.5, 0.6) is 0 Å². The second kappa shape index (κ2) is 5.12. The van der Waals surface area contributed by atoms with Gasteiger partial charge in [-0.05, 0) is 12.1 Å². The summed E-state index contributed by atoms with van der Waals surface area (Å²) in [4.78, 5) is 25.8. The molecule has 1 heterocycles. The maximum absolute atomic E-state index is 11.6. The van der Waals surface area contributed by atoms with Gasteiger partial charge < -0.3 is 9.72 Å². The first-order valence-electron chi connectivity index (χ1n) is 5.16. The van der Waals surface area contributed by atoms with Crippen LogP contribution in [-0.2, 0) is 4.74 Å². The number of benzene rings is 1. The number of rotatable bonds is 4. The van der Waals surface area contributed by atoms with E-state index in [0.29, 0.717) is 11.3 Å². The van der Waals surface area contributed by atoms with E-state index in [4.69, 9.17) is 4.74 Å². The summed E-state index contributed by atoms with van der Waals surface area (Å²) in [5, 5.41) is 0. The lowest BCUT2D eigenvalue weighted by Gasteiger charge is -2.02. The van der Waals surface area contributed by atoms with Crippen LogP contribution in [0.15, 0.2) is 48.7 Å². The topological polar surface area (TPSA) is 59.2 Å². The highest BCUT2D eigenvalue weighted by atomic mass is 16.5. The summed E-state index contributed by atoms with van der Waals surface area (Å²) < 4.78 is 4.88. The Hall–Kier alpha value is -2.36. The van der Waals surface area contributed by atoms with Gasteiger partial charge in [0.1, 0.15) is 5.69 Å². The van der Waals surface area contributed by atoms with Crippen molar-refractivity contribution in [1.82, 2.24) is 4.98 Å². The molecule has 2 aromatic rings. The number of hydrogen-bond donors (Lipinski definition) is 1. The van der Waals surface area contributed by atoms with E-state index in [1.165, 1.54) is 0 Å². The van der Waals surface area contributed by atoms with Crippen LogP contribution in [0.3, 0.4) is 0 Å². The van der Waals surface area contributed by atoms with Crippen molar-refractivity contribution >= 4 is 11.8 Å². The molecule has 4 nitrogen and oxygen atoms in total. The summed E-state index contributed by atoms with van der Waals surface area (Å²) in [6.07, 6.45) is 1.62. The fraction of sp³-hybridized carbons (Fsp3) is 0.0769. The number of Topliss-reactive ketones (excluding diaryl/α,β-unsaturated/α-hetero) is 1. The molecule has 0 saturated heterocycles. The summed E-state index contributed by atoms with van der Waals surface area (Å²) in [6, 6.07) is 12.0. The fourth-order valence-corrected chi connectivity index (χ4v) is 1.37. The van der Waals surface area contributed by atoms with Crippen LogP contribution in [0.1, 0.15) is 20.8 Å². The van der Waals surface area contributed by atoms with Crippen molar-refractivity contribution in [2.24, 2.45) is 0 Å². The molecule has 0 amide bonds. The summed E-state index contributed by atoms with van der Waals surface area (Å²) in [7, 11) is 0. The third-order valence-corrected chi connectivity index (χ3v) is 2.25. The molecule has 1 aromatic carbocycles. The second-order valence-electron chi connectivity index (χ2n) is 3.45. The van der Waals surface area contributed by atoms with Crippen LogP contribution < -0.4 is 0 Å². The predicted molar refractivity (Wildman–Crippen MR) is 61.8 cm³/mol. The molecular formula is C13H11NO3. The van der Waals surface area contributed by atoms with Gasteiger partial charge in [-0.2, -0.15) is 0 Å². The summed E-state index contributed by atoms with van der Waals surface area (Å²) in [5.74, 6) is -0.746. The van der Waals surface area contributed by atoms with Gasteiger partial charge in [0.05, 0.1) is 0 Å². The molecule has 0 bridgehead atoms. The molecule has 86 valence electrons. The van der Waals surface area contributed by atoms with Gasteiger partial charge in [0.25, 0.3) is 0 Å². The van der Waals surface area contributed by atoms with Crippen molar-refractivity contribution in [3.63, 3.8) is 0 Å². The summed E-state index contributed by atoms with van der Waals surface area (Å²) in [5.41, 5.74) is 0.873. The van der Waals surface area contributed by atoms with Crippen LogP contribution in [0.2, 0.25) is 0 Å². The molecule has 0 fully saturated rings. The first kappa shape index (κ1) is 11.1. The molecule has 1 aromatic heterocycles. The molecule has 0 aliphatic rings. The van der Waals surface area contributed by atoms with Crippen LogP contribution in [0, 0.1) is 0 Å². The fourth-order valence-electron chi connectivity index (χ4n) is 1.37. The highest BCUT2D eigenvalue weighted by Crippen LogP contribution is 2.02. The van der Waals surface area contributed by atoms with Gasteiger partial charge in [0, 0.05) is 11.8 Å². The van der Waals surface area contributed by atoms with E-state index in [1.54, 1.807) is 42.6 Å². The van der Waals surface area contributed by atoms with Crippen molar-refractivity contribution < 1.29 is 14.3 Å². The quantitative estimate of drug-likeness (QED) is 0.644. The van der Waals surface area contributed by atoms with E-state index in [2.05, 4.69) is 4.98 Å². The molecule has 1 N–H and O–H groups in total. The Balaban J connectivity index is 1.91. The SMILES string of the molecule is O=C(COC(=O)c1ccc[nH]1)c1ccccc1. The van der Waals surface area contributed by atoms with Gasteiger partial charge in [-0.1, -0.05) is 30.3 Å². The Morgan fingerprint density at radius 1 is 1.06 bits per heavy atom. The van der Waals surface area contributed by atoms with Gasteiger partial charge in [0.15, 0.2) is 12.4 Å². The lowest BCUT2D eigenvalue weighted by molar-refractivity contribution is 0.0469. The first-order valence-corrected chi connectivity index (χ1v) is 5.16. The Morgan fingerprint density at radius 3 is 2.47 bits per heavy atom. The van der Waals surface area contributed by atoms with Crippen LogP contribution in [0.25, 0.3) is 0 Å². The smallest absolute Gasteiger partial charge is 0.355 e. The molecule has 2 rings (SSSR count). The summed E-state index contributed by atoms with van der Waals surface area (Å²) >= 11 is 0. The van der Waals surface area contributed by atoms with Crippen molar-refractivity contribution in [2.75, 3.05) is 6.61 Å². The normalized spacial score (nSPS) is 9.88. The zero-order chi connectivity index (χ0) is 12.1. The van der Waals surface area contributed by atoms with E-state index in [-0.39, 0.29) is 12.4 Å². The minimum atomic E-state index is -0.528. The van der Waals surface area contributed by atoms with E-state index < -0.39 is 5.97 Å². The third kappa shape index (κ3) is 2.81. The predicted octanol–water partition coefficient (Wildman–Crippen LogP) is 2.05. The zero-order valence-corrected chi connectivity index (χ0v) is 9.05. The Bertz CT molecular complexity index is 503. The lowest BCUT2D eigenvalue weighted by Crippen LogP contribution is -2.14. The average molecular weight is 229 g/mol. The maximum atomic E-state index is 11.6. The van der Waals surface area contributed by atoms with Crippen LogP contribution in [0.4, 0.5) is 0 Å². The highest BCUT2D eigenvalue weighted by Gasteiger charge is 2.11. The molecule has 0 radical (unpaired) electrons. The standard InChI is InChI=1S/C13H11NO3/c15-12(10-5-2-1-3-6-10)9-17-13(16)11-7-4-8-14-11/h1-8,14H,9H2. The van der Waals surface area contributed by atoms with Crippen LogP contribution in [-0.4, -0.2) is 23.3 Å². The van der Waals surface area contributed by atoms with Crippen molar-refractivity contribution in [3.05, 3.63) is 59.9 Å². The molecule has 0 atom stereocenters. The number of aromatic amines is 1. The maximum Gasteiger partial charge on any atom is 0.355 e. The van der Waals surface area contributed by atoms with E-state index >= 15 is 0 Å². The zero-order valence-electron chi connectivity index (χ0n) is 9.05. The molecule has 0 saturated carbocycles. The van der Waals surface area contributed by atoms with Gasteiger partial charge in [-0.3, -0.25) is 4.79 Å². The van der Waals surface area contributed by atoms with Crippen molar-refractivity contribution in [1.29, 1.82) is 0 Å². The number of carbonyl (C=O) groups excluding carboxylic acids is 2. The Labute approximate surface area is 98.2 Å². The molecule has 0 unspecified atom stereocenters. The first-order chi connectivity index (χ1) is 8.27. The third-order valence-electron chi connectivity index (χ3n) is 2.25. The number of ketones is 1. The molecule has 0 spiro atoms. The van der Waals surface area contributed by atoms with E-state index in [1.807, 2.05) is 6.07 Å². The van der Waals surface area contributed by atoms with E-state index in [9.17, 15) is 9.59 Å². The average Bonchev–Trinajstić information content (AvgIpc) is 2.90. The second-order valence-corrected chi connectivity index (χ2v) is 3.45. The van der Waals surface area contributed by atoms with Crippen molar-refractivity contribution in [2.45, 2.75) is 0 Å². The number of carbonyl (C=O) groups is 2. The molecule has 17 heavy (non-hydrogen) atoms. The molecular weight excluding hydrogens is 218 g/mol. The van der Waals surface area contributed by atoms with Gasteiger partial charge in [-0.15, -0.1) is 0 Å². The minimum Gasteiger partial charge on any atom is -0.453 e. The number of aromatic nitrogens is 1. The van der Waals surface area contributed by atoms with Gasteiger partial charge in [-0.25, -0.2) is 4.79 Å².